The number of thioether (sulfide) groups is 1. The molecule has 6 rings (SSSR count). The highest BCUT2D eigenvalue weighted by Gasteiger charge is 2.38. The molecule has 230 valence electrons. The summed E-state index contributed by atoms with van der Waals surface area (Å²) in [6, 6.07) is 33.7. The van der Waals surface area contributed by atoms with E-state index in [0.29, 0.717) is 12.1 Å². The van der Waals surface area contributed by atoms with Gasteiger partial charge in [0, 0.05) is 48.8 Å². The quantitative estimate of drug-likeness (QED) is 0.162. The van der Waals surface area contributed by atoms with Gasteiger partial charge in [-0.3, -0.25) is 4.79 Å². The smallest absolute Gasteiger partial charge is 0.251 e. The second-order valence-corrected chi connectivity index (χ2v) is 12.3. The highest BCUT2D eigenvalue weighted by Crippen LogP contribution is 2.43. The molecule has 1 aliphatic rings. The van der Waals surface area contributed by atoms with Crippen LogP contribution in [0.2, 0.25) is 0 Å². The van der Waals surface area contributed by atoms with Crippen molar-refractivity contribution in [2.75, 3.05) is 5.75 Å². The van der Waals surface area contributed by atoms with Crippen LogP contribution in [0.15, 0.2) is 121 Å². The maximum absolute atomic E-state index is 12.5. The lowest BCUT2D eigenvalue weighted by molar-refractivity contribution is -0.268. The van der Waals surface area contributed by atoms with Gasteiger partial charge in [-0.2, -0.15) is 0 Å². The zero-order chi connectivity index (χ0) is 31.2. The summed E-state index contributed by atoms with van der Waals surface area (Å²) in [4.78, 5) is 17.0. The number of nitrogens with one attached hydrogen (secondary N) is 1. The molecule has 0 spiro atoms. The summed E-state index contributed by atoms with van der Waals surface area (Å²) in [5.74, 6) is 0.743. The van der Waals surface area contributed by atoms with Gasteiger partial charge in [-0.1, -0.05) is 104 Å². The molecule has 0 aliphatic carbocycles. The third kappa shape index (κ3) is 7.37. The number of hydrogen-bond donors (Lipinski definition) is 2. The molecule has 8 heteroatoms. The number of rotatable bonds is 10. The third-order valence-electron chi connectivity index (χ3n) is 8.21. The first kappa shape index (κ1) is 30.8. The molecule has 0 radical (unpaired) electrons. The van der Waals surface area contributed by atoms with Gasteiger partial charge in [0.05, 0.1) is 18.8 Å². The van der Waals surface area contributed by atoms with Gasteiger partial charge < -0.3 is 24.5 Å². The van der Waals surface area contributed by atoms with Gasteiger partial charge in [-0.15, -0.1) is 0 Å². The maximum atomic E-state index is 12.5. The van der Waals surface area contributed by atoms with Crippen LogP contribution in [0, 0.1) is 5.92 Å². The molecule has 1 aliphatic heterocycles. The van der Waals surface area contributed by atoms with Crippen LogP contribution in [-0.4, -0.2) is 32.4 Å². The van der Waals surface area contributed by atoms with Crippen molar-refractivity contribution in [1.29, 1.82) is 0 Å². The maximum Gasteiger partial charge on any atom is 0.251 e. The van der Waals surface area contributed by atoms with E-state index in [1.165, 1.54) is 0 Å². The number of aromatic nitrogens is 2. The van der Waals surface area contributed by atoms with Crippen LogP contribution in [0.5, 0.6) is 0 Å². The summed E-state index contributed by atoms with van der Waals surface area (Å²) < 4.78 is 15.3. The van der Waals surface area contributed by atoms with Gasteiger partial charge in [-0.25, -0.2) is 4.98 Å². The first-order chi connectivity index (χ1) is 22.0. The number of aliphatic hydroxyl groups is 1. The average Bonchev–Trinajstić information content (AvgIpc) is 3.51. The summed E-state index contributed by atoms with van der Waals surface area (Å²) in [5, 5.41) is 13.5. The Morgan fingerprint density at radius 1 is 0.889 bits per heavy atom. The number of carbonyl (C=O) groups is 1. The molecule has 1 fully saturated rings. The molecular formula is C37H37N3O4S. The summed E-state index contributed by atoms with van der Waals surface area (Å²) in [7, 11) is 2.00. The lowest BCUT2D eigenvalue weighted by atomic mass is 9.91. The Morgan fingerprint density at radius 2 is 1.64 bits per heavy atom. The molecular weight excluding hydrogens is 582 g/mol. The second kappa shape index (κ2) is 14.3. The van der Waals surface area contributed by atoms with Crippen LogP contribution in [-0.2, 0) is 29.7 Å². The molecule has 1 saturated heterocycles. The predicted octanol–water partition coefficient (Wildman–Crippen LogP) is 7.09. The first-order valence-electron chi connectivity index (χ1n) is 15.1. The van der Waals surface area contributed by atoms with Crippen molar-refractivity contribution in [3.8, 4) is 11.1 Å². The van der Waals surface area contributed by atoms with Gasteiger partial charge in [0.1, 0.15) is 0 Å². The number of carbonyl (C=O) groups excluding carboxylic acids is 1. The van der Waals surface area contributed by atoms with Gasteiger partial charge in [-0.05, 0) is 46.0 Å². The summed E-state index contributed by atoms with van der Waals surface area (Å²) in [5.41, 5.74) is 6.68. The van der Waals surface area contributed by atoms with E-state index < -0.39 is 6.29 Å². The Labute approximate surface area is 268 Å². The summed E-state index contributed by atoms with van der Waals surface area (Å²) in [6.45, 7) is 2.62. The molecule has 4 atom stereocenters. The molecule has 5 aromatic rings. The zero-order valence-electron chi connectivity index (χ0n) is 25.4. The predicted molar refractivity (Wildman–Crippen MR) is 176 cm³/mol. The fourth-order valence-corrected chi connectivity index (χ4v) is 6.62. The Kier molecular flexibility index (Phi) is 9.76. The summed E-state index contributed by atoms with van der Waals surface area (Å²) >= 11 is 1.68. The number of imidazole rings is 1. The number of ether oxygens (including phenoxy) is 2. The van der Waals surface area contributed by atoms with Gasteiger partial charge in [0.25, 0.3) is 5.91 Å². The van der Waals surface area contributed by atoms with Crippen molar-refractivity contribution in [2.24, 2.45) is 13.0 Å². The normalized spacial score (nSPS) is 19.7. The number of benzene rings is 4. The van der Waals surface area contributed by atoms with E-state index in [4.69, 9.17) is 9.47 Å². The minimum atomic E-state index is -0.538. The van der Waals surface area contributed by atoms with E-state index in [2.05, 4.69) is 53.6 Å². The third-order valence-corrected chi connectivity index (χ3v) is 9.36. The lowest BCUT2D eigenvalue weighted by Gasteiger charge is -2.41. The van der Waals surface area contributed by atoms with Gasteiger partial charge >= 0.3 is 0 Å². The molecule has 1 amide bonds. The Balaban J connectivity index is 1.18. The van der Waals surface area contributed by atoms with Crippen molar-refractivity contribution in [1.82, 2.24) is 14.9 Å². The van der Waals surface area contributed by atoms with Crippen LogP contribution < -0.4 is 5.32 Å². The molecule has 1 aromatic heterocycles. The Hall–Kier alpha value is -4.21. The minimum absolute atomic E-state index is 0.00754. The topological polar surface area (TPSA) is 85.6 Å². The van der Waals surface area contributed by atoms with Crippen molar-refractivity contribution in [3.63, 3.8) is 0 Å². The minimum Gasteiger partial charge on any atom is -0.392 e. The fraction of sp³-hybridized carbons (Fsp3) is 0.243. The van der Waals surface area contributed by atoms with E-state index in [9.17, 15) is 9.90 Å². The highest BCUT2D eigenvalue weighted by molar-refractivity contribution is 7.99. The van der Waals surface area contributed by atoms with E-state index >= 15 is 0 Å². The van der Waals surface area contributed by atoms with Crippen LogP contribution in [0.3, 0.4) is 0 Å². The van der Waals surface area contributed by atoms with Crippen LogP contribution in [0.1, 0.15) is 51.9 Å². The molecule has 45 heavy (non-hydrogen) atoms. The SMILES string of the molecule is C[C@@H]1[C@H](CSc2nccn2C)O[C@H](c2ccc(-c3cccc(CNC(=O)c4ccccc4)c3)cc2)O[C@@H]1c1ccc(CO)cc1. The summed E-state index contributed by atoms with van der Waals surface area (Å²) in [6.07, 6.45) is 2.97. The van der Waals surface area contributed by atoms with Crippen molar-refractivity contribution in [2.45, 2.75) is 43.7 Å². The molecule has 0 saturated carbocycles. The first-order valence-corrected chi connectivity index (χ1v) is 16.1. The molecule has 0 bridgehead atoms. The van der Waals surface area contributed by atoms with Crippen LogP contribution >= 0.6 is 11.8 Å². The van der Waals surface area contributed by atoms with Gasteiger partial charge in [0.15, 0.2) is 11.4 Å². The second-order valence-electron chi connectivity index (χ2n) is 11.3. The van der Waals surface area contributed by atoms with Crippen LogP contribution in [0.4, 0.5) is 0 Å². The molecule has 4 aromatic carbocycles. The fourth-order valence-electron chi connectivity index (χ4n) is 5.53. The number of aliphatic hydroxyl groups excluding tert-OH is 1. The average molecular weight is 620 g/mol. The number of hydrogen-bond acceptors (Lipinski definition) is 6. The van der Waals surface area contributed by atoms with Gasteiger partial charge in [0.2, 0.25) is 0 Å². The molecule has 2 heterocycles. The van der Waals surface area contributed by atoms with E-state index in [1.54, 1.807) is 11.8 Å². The van der Waals surface area contributed by atoms with Crippen molar-refractivity contribution >= 4 is 17.7 Å². The largest absolute Gasteiger partial charge is 0.392 e. The monoisotopic (exact) mass is 619 g/mol. The van der Waals surface area contributed by atoms with Crippen LogP contribution in [0.25, 0.3) is 11.1 Å². The Bertz CT molecular complexity index is 1710. The van der Waals surface area contributed by atoms with E-state index in [1.807, 2.05) is 90.7 Å². The molecule has 0 unspecified atom stereocenters. The standard InChI is InChI=1S/C37H37N3O4S/c1-25-33(24-45-37-38-19-20-40(37)2)43-36(44-34(25)29-13-11-26(23-41)12-14-29)31-17-15-28(16-18-31)32-10-6-7-27(21-32)22-39-35(42)30-8-4-3-5-9-30/h3-21,25,33-34,36,41H,22-24H2,1-2H3,(H,39,42)/t25-,33+,34+,36+/m1/s1. The van der Waals surface area contributed by atoms with Crippen molar-refractivity contribution in [3.05, 3.63) is 143 Å². The number of nitrogens with zero attached hydrogens (tertiary/aromatic N) is 2. The lowest BCUT2D eigenvalue weighted by Crippen LogP contribution is -2.38. The molecule has 7 nitrogen and oxygen atoms in total. The number of amides is 1. The Morgan fingerprint density at radius 3 is 2.36 bits per heavy atom. The number of aryl methyl sites for hydroxylation is 1. The van der Waals surface area contributed by atoms with E-state index in [0.717, 1.165) is 44.3 Å². The highest BCUT2D eigenvalue weighted by atomic mass is 32.2. The zero-order valence-corrected chi connectivity index (χ0v) is 26.2. The van der Waals surface area contributed by atoms with E-state index in [-0.39, 0.29) is 30.6 Å². The van der Waals surface area contributed by atoms with Crippen molar-refractivity contribution < 1.29 is 19.4 Å². The molecule has 2 N–H and O–H groups in total.